The number of rotatable bonds is 1. The molecule has 3 nitrogen and oxygen atoms in total. The van der Waals surface area contributed by atoms with Crippen LogP contribution in [0.5, 0.6) is 0 Å². The normalized spacial score (nSPS) is 10.7. The van der Waals surface area contributed by atoms with Gasteiger partial charge in [0.2, 0.25) is 0 Å². The number of nitrogens with zero attached hydrogens (tertiary/aromatic N) is 1. The third-order valence-corrected chi connectivity index (χ3v) is 2.87. The molecule has 0 radical (unpaired) electrons. The first-order valence-corrected chi connectivity index (χ1v) is 5.76. The molecule has 3 rings (SSSR count). The molecule has 2 heterocycles. The maximum atomic E-state index is 12.0. The summed E-state index contributed by atoms with van der Waals surface area (Å²) in [6.07, 6.45) is 3.32. The van der Waals surface area contributed by atoms with Crippen molar-refractivity contribution in [3.8, 4) is 11.3 Å². The van der Waals surface area contributed by atoms with E-state index in [4.69, 9.17) is 16.0 Å². The van der Waals surface area contributed by atoms with E-state index in [1.165, 1.54) is 6.07 Å². The van der Waals surface area contributed by atoms with Crippen molar-refractivity contribution in [2.45, 2.75) is 0 Å². The quantitative estimate of drug-likeness (QED) is 0.670. The van der Waals surface area contributed by atoms with Crippen LogP contribution in [-0.2, 0) is 0 Å². The van der Waals surface area contributed by atoms with Crippen molar-refractivity contribution in [2.24, 2.45) is 0 Å². The van der Waals surface area contributed by atoms with Gasteiger partial charge >= 0.3 is 0 Å². The van der Waals surface area contributed by atoms with Gasteiger partial charge < -0.3 is 4.42 Å². The monoisotopic (exact) mass is 257 g/mol. The zero-order chi connectivity index (χ0) is 12.5. The van der Waals surface area contributed by atoms with Gasteiger partial charge in [-0.05, 0) is 30.3 Å². The summed E-state index contributed by atoms with van der Waals surface area (Å²) in [7, 11) is 0. The van der Waals surface area contributed by atoms with Crippen LogP contribution < -0.4 is 5.43 Å². The van der Waals surface area contributed by atoms with Crippen molar-refractivity contribution < 1.29 is 4.42 Å². The predicted molar refractivity (Wildman–Crippen MR) is 70.7 cm³/mol. The summed E-state index contributed by atoms with van der Waals surface area (Å²) in [6, 6.07) is 10.1. The van der Waals surface area contributed by atoms with Gasteiger partial charge in [-0.3, -0.25) is 9.78 Å². The Morgan fingerprint density at radius 3 is 2.83 bits per heavy atom. The Kier molecular flexibility index (Phi) is 2.61. The minimum Gasteiger partial charge on any atom is -0.456 e. The number of aromatic nitrogens is 1. The molecule has 88 valence electrons. The van der Waals surface area contributed by atoms with E-state index in [2.05, 4.69) is 4.98 Å². The molecule has 0 aliphatic carbocycles. The Hall–Kier alpha value is -2.13. The lowest BCUT2D eigenvalue weighted by Gasteiger charge is -2.02. The number of fused-ring (bicyclic) bond motifs is 1. The first-order chi connectivity index (χ1) is 8.74. The molecule has 0 saturated heterocycles. The van der Waals surface area contributed by atoms with Gasteiger partial charge in [-0.25, -0.2) is 0 Å². The van der Waals surface area contributed by atoms with Crippen LogP contribution in [0.25, 0.3) is 22.3 Å². The first-order valence-electron chi connectivity index (χ1n) is 5.38. The van der Waals surface area contributed by atoms with E-state index in [1.54, 1.807) is 36.7 Å². The Morgan fingerprint density at radius 2 is 2.06 bits per heavy atom. The van der Waals surface area contributed by atoms with Gasteiger partial charge in [0.15, 0.2) is 5.43 Å². The topological polar surface area (TPSA) is 43.1 Å². The predicted octanol–water partition coefficient (Wildman–Crippen LogP) is 3.51. The average Bonchev–Trinajstić information content (AvgIpc) is 2.40. The van der Waals surface area contributed by atoms with Gasteiger partial charge in [-0.1, -0.05) is 11.6 Å². The summed E-state index contributed by atoms with van der Waals surface area (Å²) < 4.78 is 5.69. The number of hydrogen-bond acceptors (Lipinski definition) is 3. The van der Waals surface area contributed by atoms with Crippen LogP contribution >= 0.6 is 11.6 Å². The molecule has 0 spiro atoms. The summed E-state index contributed by atoms with van der Waals surface area (Å²) in [6.45, 7) is 0. The molecule has 18 heavy (non-hydrogen) atoms. The molecule has 0 fully saturated rings. The summed E-state index contributed by atoms with van der Waals surface area (Å²) in [5, 5.41) is 0.999. The van der Waals surface area contributed by atoms with Gasteiger partial charge in [-0.2, -0.15) is 0 Å². The van der Waals surface area contributed by atoms with Gasteiger partial charge in [0.05, 0.1) is 5.39 Å². The highest BCUT2D eigenvalue weighted by atomic mass is 35.5. The molecule has 0 amide bonds. The molecular formula is C14H8ClNO2. The summed E-state index contributed by atoms with van der Waals surface area (Å²) >= 11 is 5.86. The summed E-state index contributed by atoms with van der Waals surface area (Å²) in [4.78, 5) is 16.0. The average molecular weight is 258 g/mol. The van der Waals surface area contributed by atoms with Crippen molar-refractivity contribution in [1.82, 2.24) is 4.98 Å². The second kappa shape index (κ2) is 4.27. The van der Waals surface area contributed by atoms with E-state index < -0.39 is 0 Å². The number of halogens is 1. The second-order valence-electron chi connectivity index (χ2n) is 3.86. The van der Waals surface area contributed by atoms with E-state index in [0.29, 0.717) is 21.8 Å². The summed E-state index contributed by atoms with van der Waals surface area (Å²) in [5.74, 6) is 0.503. The maximum absolute atomic E-state index is 12.0. The van der Waals surface area contributed by atoms with Crippen LogP contribution in [0.2, 0.25) is 5.02 Å². The van der Waals surface area contributed by atoms with Gasteiger partial charge in [-0.15, -0.1) is 0 Å². The molecule has 1 aromatic carbocycles. The second-order valence-corrected chi connectivity index (χ2v) is 4.29. The highest BCUT2D eigenvalue weighted by Gasteiger charge is 2.07. The van der Waals surface area contributed by atoms with Crippen molar-refractivity contribution in [3.05, 3.63) is 64.0 Å². The van der Waals surface area contributed by atoms with Crippen LogP contribution in [0.4, 0.5) is 0 Å². The number of pyridine rings is 1. The lowest BCUT2D eigenvalue weighted by Crippen LogP contribution is -2.00. The molecule has 2 aromatic heterocycles. The highest BCUT2D eigenvalue weighted by Crippen LogP contribution is 2.22. The van der Waals surface area contributed by atoms with E-state index >= 15 is 0 Å². The lowest BCUT2D eigenvalue weighted by molar-refractivity contribution is 0.618. The fourth-order valence-electron chi connectivity index (χ4n) is 1.78. The molecule has 0 atom stereocenters. The largest absolute Gasteiger partial charge is 0.456 e. The molecule has 0 aliphatic heterocycles. The fourth-order valence-corrected chi connectivity index (χ4v) is 1.95. The van der Waals surface area contributed by atoms with Gasteiger partial charge in [0.1, 0.15) is 11.3 Å². The summed E-state index contributed by atoms with van der Waals surface area (Å²) in [5.41, 5.74) is 1.18. The van der Waals surface area contributed by atoms with Crippen molar-refractivity contribution in [1.29, 1.82) is 0 Å². The molecule has 0 unspecified atom stereocenters. The van der Waals surface area contributed by atoms with Crippen LogP contribution in [0, 0.1) is 0 Å². The molecule has 0 aliphatic rings. The van der Waals surface area contributed by atoms with Crippen molar-refractivity contribution in [2.75, 3.05) is 0 Å². The maximum Gasteiger partial charge on any atom is 0.193 e. The Balaban J connectivity index is 2.29. The van der Waals surface area contributed by atoms with Crippen molar-refractivity contribution >= 4 is 22.6 Å². The van der Waals surface area contributed by atoms with E-state index in [1.807, 2.05) is 6.07 Å². The SMILES string of the molecule is O=c1cc(-c2cccnc2)oc2ccc(Cl)cc12. The third kappa shape index (κ3) is 1.89. The molecule has 3 aromatic rings. The molecule has 0 N–H and O–H groups in total. The minimum absolute atomic E-state index is 0.113. The zero-order valence-electron chi connectivity index (χ0n) is 9.26. The third-order valence-electron chi connectivity index (χ3n) is 2.64. The Bertz CT molecular complexity index is 766. The van der Waals surface area contributed by atoms with E-state index in [0.717, 1.165) is 5.56 Å². The van der Waals surface area contributed by atoms with Crippen LogP contribution in [0.3, 0.4) is 0 Å². The smallest absolute Gasteiger partial charge is 0.193 e. The molecule has 0 bridgehead atoms. The van der Waals surface area contributed by atoms with E-state index in [9.17, 15) is 4.79 Å². The zero-order valence-corrected chi connectivity index (χ0v) is 10.0. The highest BCUT2D eigenvalue weighted by molar-refractivity contribution is 6.31. The van der Waals surface area contributed by atoms with E-state index in [-0.39, 0.29) is 5.43 Å². The molecule has 4 heteroatoms. The van der Waals surface area contributed by atoms with Crippen LogP contribution in [0.1, 0.15) is 0 Å². The first kappa shape index (κ1) is 11.0. The Labute approximate surface area is 108 Å². The lowest BCUT2D eigenvalue weighted by atomic mass is 10.1. The number of benzene rings is 1. The number of hydrogen-bond donors (Lipinski definition) is 0. The minimum atomic E-state index is -0.113. The van der Waals surface area contributed by atoms with Gasteiger partial charge in [0, 0.05) is 29.0 Å². The van der Waals surface area contributed by atoms with Gasteiger partial charge in [0.25, 0.3) is 0 Å². The molecule has 0 saturated carbocycles. The van der Waals surface area contributed by atoms with Crippen LogP contribution in [-0.4, -0.2) is 4.98 Å². The van der Waals surface area contributed by atoms with Crippen molar-refractivity contribution in [3.63, 3.8) is 0 Å². The molecular weight excluding hydrogens is 250 g/mol. The Morgan fingerprint density at radius 1 is 1.17 bits per heavy atom. The van der Waals surface area contributed by atoms with Crippen LogP contribution in [0.15, 0.2) is 58.0 Å². The standard InChI is InChI=1S/C14H8ClNO2/c15-10-3-4-13-11(6-10)12(17)7-14(18-13)9-2-1-5-16-8-9/h1-8H. The fraction of sp³-hybridized carbons (Fsp3) is 0.